The van der Waals surface area contributed by atoms with E-state index in [1.165, 1.54) is 0 Å². The first-order chi connectivity index (χ1) is 12.5. The Balaban J connectivity index is 0.00000364. The van der Waals surface area contributed by atoms with Crippen LogP contribution >= 0.6 is 12.4 Å². The quantitative estimate of drug-likeness (QED) is 0.645. The molecular weight excluding hydrogens is 366 g/mol. The molecular formula is C20H26ClN3O3. The van der Waals surface area contributed by atoms with Gasteiger partial charge in [0.05, 0.1) is 24.3 Å². The van der Waals surface area contributed by atoms with Gasteiger partial charge in [-0.25, -0.2) is 0 Å². The van der Waals surface area contributed by atoms with Crippen molar-refractivity contribution in [3.05, 3.63) is 59.2 Å². The maximum atomic E-state index is 12.2. The van der Waals surface area contributed by atoms with E-state index in [0.29, 0.717) is 24.3 Å². The molecule has 6 nitrogen and oxygen atoms in total. The molecule has 0 saturated heterocycles. The van der Waals surface area contributed by atoms with Crippen LogP contribution in [0.25, 0.3) is 0 Å². The normalized spacial score (nSPS) is 9.89. The van der Waals surface area contributed by atoms with E-state index in [4.69, 9.17) is 10.5 Å². The third-order valence-corrected chi connectivity index (χ3v) is 3.67. The number of benzene rings is 2. The highest BCUT2D eigenvalue weighted by Crippen LogP contribution is 2.17. The second kappa shape index (κ2) is 11.2. The highest BCUT2D eigenvalue weighted by Gasteiger charge is 2.12. The van der Waals surface area contributed by atoms with Crippen LogP contribution in [0.15, 0.2) is 42.5 Å². The summed E-state index contributed by atoms with van der Waals surface area (Å²) in [7, 11) is 0. The summed E-state index contributed by atoms with van der Waals surface area (Å²) in [6.07, 6.45) is 0.186. The Morgan fingerprint density at radius 2 is 1.74 bits per heavy atom. The Labute approximate surface area is 165 Å². The predicted octanol–water partition coefficient (Wildman–Crippen LogP) is 2.82. The number of hydrogen-bond donors (Lipinski definition) is 3. The first-order valence-electron chi connectivity index (χ1n) is 8.58. The molecule has 0 radical (unpaired) electrons. The molecule has 0 atom stereocenters. The van der Waals surface area contributed by atoms with Crippen LogP contribution in [0.3, 0.4) is 0 Å². The van der Waals surface area contributed by atoms with Crippen LogP contribution in [0.5, 0.6) is 5.75 Å². The zero-order valence-corrected chi connectivity index (χ0v) is 16.4. The number of rotatable bonds is 8. The number of carbonyl (C=O) groups is 2. The third kappa shape index (κ3) is 7.29. The first kappa shape index (κ1) is 22.5. The molecule has 0 fully saturated rings. The van der Waals surface area contributed by atoms with Gasteiger partial charge in [0.25, 0.3) is 5.91 Å². The summed E-state index contributed by atoms with van der Waals surface area (Å²) in [5.41, 5.74) is 8.50. The van der Waals surface area contributed by atoms with Crippen molar-refractivity contribution in [3.63, 3.8) is 0 Å². The molecule has 7 heteroatoms. The second-order valence-electron chi connectivity index (χ2n) is 6.06. The largest absolute Gasteiger partial charge is 0.493 e. The lowest BCUT2D eigenvalue weighted by molar-refractivity contribution is -0.116. The van der Waals surface area contributed by atoms with Crippen molar-refractivity contribution in [2.45, 2.75) is 20.3 Å². The number of aryl methyl sites for hydroxylation is 2. The van der Waals surface area contributed by atoms with Crippen molar-refractivity contribution in [2.24, 2.45) is 5.73 Å². The monoisotopic (exact) mass is 391 g/mol. The topological polar surface area (TPSA) is 93.4 Å². The molecule has 2 rings (SSSR count). The van der Waals surface area contributed by atoms with Gasteiger partial charge in [-0.15, -0.1) is 12.4 Å². The molecule has 0 unspecified atom stereocenters. The van der Waals surface area contributed by atoms with Crippen LogP contribution in [0, 0.1) is 13.8 Å². The average Bonchev–Trinajstić information content (AvgIpc) is 2.59. The Morgan fingerprint density at radius 1 is 1.07 bits per heavy atom. The number of halogens is 1. The van der Waals surface area contributed by atoms with Gasteiger partial charge in [0.15, 0.2) is 0 Å². The van der Waals surface area contributed by atoms with Gasteiger partial charge in [-0.3, -0.25) is 9.59 Å². The van der Waals surface area contributed by atoms with Gasteiger partial charge in [-0.05, 0) is 49.2 Å². The molecule has 0 aliphatic heterocycles. The minimum Gasteiger partial charge on any atom is -0.493 e. The standard InChI is InChI=1S/C20H25N3O3.ClH/c1-14-11-15(2)13-16(12-14)26-10-7-19(24)23-18-6-4-3-5-17(18)20(25)22-9-8-21;/h3-6,11-13H,7-10,21H2,1-2H3,(H,22,25)(H,23,24);1H. The van der Waals surface area contributed by atoms with Crippen molar-refractivity contribution in [1.82, 2.24) is 5.32 Å². The summed E-state index contributed by atoms with van der Waals surface area (Å²) in [6.45, 7) is 5.00. The minimum atomic E-state index is -0.266. The first-order valence-corrected chi connectivity index (χ1v) is 8.58. The van der Waals surface area contributed by atoms with Crippen molar-refractivity contribution < 1.29 is 14.3 Å². The molecule has 2 aromatic rings. The van der Waals surface area contributed by atoms with Crippen molar-refractivity contribution >= 4 is 29.9 Å². The molecule has 27 heavy (non-hydrogen) atoms. The summed E-state index contributed by atoms with van der Waals surface area (Å²) in [6, 6.07) is 12.8. The molecule has 4 N–H and O–H groups in total. The van der Waals surface area contributed by atoms with E-state index in [0.717, 1.165) is 16.9 Å². The molecule has 0 aliphatic carbocycles. The lowest BCUT2D eigenvalue weighted by Crippen LogP contribution is -2.30. The fourth-order valence-electron chi connectivity index (χ4n) is 2.56. The van der Waals surface area contributed by atoms with Gasteiger partial charge >= 0.3 is 0 Å². The molecule has 0 aliphatic rings. The summed E-state index contributed by atoms with van der Waals surface area (Å²) >= 11 is 0. The fourth-order valence-corrected chi connectivity index (χ4v) is 2.56. The fraction of sp³-hybridized carbons (Fsp3) is 0.300. The lowest BCUT2D eigenvalue weighted by atomic mass is 10.1. The van der Waals surface area contributed by atoms with E-state index in [9.17, 15) is 9.59 Å². The van der Waals surface area contributed by atoms with Crippen LogP contribution in [0.4, 0.5) is 5.69 Å². The van der Waals surface area contributed by atoms with Crippen molar-refractivity contribution in [2.75, 3.05) is 25.0 Å². The summed E-state index contributed by atoms with van der Waals surface area (Å²) < 4.78 is 5.65. The number of nitrogens with two attached hydrogens (primary N) is 1. The van der Waals surface area contributed by atoms with Gasteiger partial charge in [0.1, 0.15) is 5.75 Å². The van der Waals surface area contributed by atoms with Crippen molar-refractivity contribution in [3.8, 4) is 5.75 Å². The molecule has 0 spiro atoms. The molecule has 0 saturated carbocycles. The predicted molar refractivity (Wildman–Crippen MR) is 110 cm³/mol. The maximum absolute atomic E-state index is 12.2. The highest BCUT2D eigenvalue weighted by molar-refractivity contribution is 6.03. The number of carbonyl (C=O) groups excluding carboxylic acids is 2. The summed E-state index contributed by atoms with van der Waals surface area (Å²) in [5.74, 6) is 0.267. The molecule has 146 valence electrons. The number of amides is 2. The number of anilines is 1. The maximum Gasteiger partial charge on any atom is 0.253 e. The van der Waals surface area contributed by atoms with E-state index in [1.54, 1.807) is 24.3 Å². The third-order valence-electron chi connectivity index (χ3n) is 3.67. The second-order valence-corrected chi connectivity index (χ2v) is 6.06. The summed E-state index contributed by atoms with van der Waals surface area (Å²) in [5, 5.41) is 5.46. The van der Waals surface area contributed by atoms with Crippen LogP contribution < -0.4 is 21.1 Å². The van der Waals surface area contributed by atoms with Gasteiger partial charge in [0.2, 0.25) is 5.91 Å². The van der Waals surface area contributed by atoms with Crippen molar-refractivity contribution in [1.29, 1.82) is 0 Å². The number of ether oxygens (including phenoxy) is 1. The zero-order valence-electron chi connectivity index (χ0n) is 15.6. The van der Waals surface area contributed by atoms with E-state index >= 15 is 0 Å². The molecule has 0 heterocycles. The van der Waals surface area contributed by atoms with E-state index < -0.39 is 0 Å². The van der Waals surface area contributed by atoms with Gasteiger partial charge < -0.3 is 21.1 Å². The molecule has 2 aromatic carbocycles. The van der Waals surface area contributed by atoms with Crippen LogP contribution in [0.2, 0.25) is 0 Å². The zero-order chi connectivity index (χ0) is 18.9. The number of nitrogens with one attached hydrogen (secondary N) is 2. The summed E-state index contributed by atoms with van der Waals surface area (Å²) in [4.78, 5) is 24.3. The Morgan fingerprint density at radius 3 is 2.41 bits per heavy atom. The Bertz CT molecular complexity index is 761. The van der Waals surface area contributed by atoms with Crippen LogP contribution in [-0.2, 0) is 4.79 Å². The highest BCUT2D eigenvalue weighted by atomic mass is 35.5. The lowest BCUT2D eigenvalue weighted by Gasteiger charge is -2.12. The molecule has 0 aromatic heterocycles. The van der Waals surface area contributed by atoms with Gasteiger partial charge in [-0.2, -0.15) is 0 Å². The molecule has 0 bridgehead atoms. The van der Waals surface area contributed by atoms with E-state index in [1.807, 2.05) is 26.0 Å². The Kier molecular flexibility index (Phi) is 9.33. The smallest absolute Gasteiger partial charge is 0.253 e. The average molecular weight is 392 g/mol. The molecule has 2 amide bonds. The van der Waals surface area contributed by atoms with E-state index in [-0.39, 0.29) is 37.2 Å². The van der Waals surface area contributed by atoms with Gasteiger partial charge in [0, 0.05) is 13.1 Å². The van der Waals surface area contributed by atoms with Crippen LogP contribution in [-0.4, -0.2) is 31.5 Å². The minimum absolute atomic E-state index is 0. The SMILES string of the molecule is Cc1cc(C)cc(OCCC(=O)Nc2ccccc2C(=O)NCCN)c1.Cl. The number of para-hydroxylation sites is 1. The number of hydrogen-bond acceptors (Lipinski definition) is 4. The van der Waals surface area contributed by atoms with Gasteiger partial charge in [-0.1, -0.05) is 18.2 Å². The van der Waals surface area contributed by atoms with E-state index in [2.05, 4.69) is 16.7 Å². The van der Waals surface area contributed by atoms with Crippen LogP contribution in [0.1, 0.15) is 27.9 Å². The Hall–Kier alpha value is -2.57.